The molecule has 0 spiro atoms. The molecular weight excluding hydrogens is 317 g/mol. The number of halogens is 2. The molecule has 2 aromatic carbocycles. The SMILES string of the molecule is Nc1cc(F)c(Oc2ccc(Br)cc2)cc1C(=O)O. The van der Waals surface area contributed by atoms with Crippen LogP contribution in [0.5, 0.6) is 11.5 Å². The fourth-order valence-corrected chi connectivity index (χ4v) is 1.73. The highest BCUT2D eigenvalue weighted by Crippen LogP contribution is 2.29. The van der Waals surface area contributed by atoms with Crippen LogP contribution in [0, 0.1) is 5.82 Å². The largest absolute Gasteiger partial charge is 0.478 e. The van der Waals surface area contributed by atoms with Gasteiger partial charge in [0.25, 0.3) is 0 Å². The Hall–Kier alpha value is -2.08. The van der Waals surface area contributed by atoms with E-state index in [1.54, 1.807) is 24.3 Å². The van der Waals surface area contributed by atoms with E-state index in [-0.39, 0.29) is 17.0 Å². The van der Waals surface area contributed by atoms with Crippen LogP contribution < -0.4 is 10.5 Å². The number of carboxylic acid groups (broad SMARTS) is 1. The lowest BCUT2D eigenvalue weighted by Crippen LogP contribution is -2.04. The van der Waals surface area contributed by atoms with Gasteiger partial charge in [0.15, 0.2) is 11.6 Å². The van der Waals surface area contributed by atoms with Crippen LogP contribution >= 0.6 is 15.9 Å². The van der Waals surface area contributed by atoms with Crippen molar-refractivity contribution >= 4 is 27.6 Å². The van der Waals surface area contributed by atoms with E-state index in [1.807, 2.05) is 0 Å². The molecule has 6 heteroatoms. The summed E-state index contributed by atoms with van der Waals surface area (Å²) in [6, 6.07) is 8.69. The van der Waals surface area contributed by atoms with Crippen molar-refractivity contribution in [3.05, 3.63) is 52.3 Å². The summed E-state index contributed by atoms with van der Waals surface area (Å²) in [5.74, 6) is -1.75. The number of anilines is 1. The topological polar surface area (TPSA) is 72.5 Å². The van der Waals surface area contributed by atoms with E-state index >= 15 is 0 Å². The maximum Gasteiger partial charge on any atom is 0.337 e. The van der Waals surface area contributed by atoms with Gasteiger partial charge in [0.1, 0.15) is 5.75 Å². The van der Waals surface area contributed by atoms with Gasteiger partial charge in [-0.05, 0) is 24.3 Å². The number of hydrogen-bond donors (Lipinski definition) is 2. The molecule has 0 amide bonds. The normalized spacial score (nSPS) is 10.2. The van der Waals surface area contributed by atoms with Gasteiger partial charge in [-0.25, -0.2) is 9.18 Å². The molecule has 0 aliphatic carbocycles. The second-order valence-corrected chi connectivity index (χ2v) is 4.65. The second kappa shape index (κ2) is 5.27. The average Bonchev–Trinajstić information content (AvgIpc) is 2.34. The van der Waals surface area contributed by atoms with E-state index in [4.69, 9.17) is 15.6 Å². The number of rotatable bonds is 3. The Bertz CT molecular complexity index is 629. The summed E-state index contributed by atoms with van der Waals surface area (Å²) in [4.78, 5) is 10.9. The monoisotopic (exact) mass is 325 g/mol. The minimum atomic E-state index is -1.24. The third kappa shape index (κ3) is 3.03. The van der Waals surface area contributed by atoms with Crippen molar-refractivity contribution in [1.29, 1.82) is 0 Å². The highest BCUT2D eigenvalue weighted by Gasteiger charge is 2.14. The van der Waals surface area contributed by atoms with Crippen molar-refractivity contribution in [3.63, 3.8) is 0 Å². The fraction of sp³-hybridized carbons (Fsp3) is 0. The molecular formula is C13H9BrFNO3. The van der Waals surface area contributed by atoms with Gasteiger partial charge >= 0.3 is 5.97 Å². The molecule has 4 nitrogen and oxygen atoms in total. The number of carbonyl (C=O) groups is 1. The first-order valence-corrected chi connectivity index (χ1v) is 6.02. The third-order valence-corrected chi connectivity index (χ3v) is 2.90. The standard InChI is InChI=1S/C13H9BrFNO3/c14-7-1-3-8(4-2-7)19-12-5-9(13(17)18)11(16)6-10(12)15/h1-6H,16H2,(H,17,18). The average molecular weight is 326 g/mol. The summed E-state index contributed by atoms with van der Waals surface area (Å²) in [5.41, 5.74) is 5.08. The zero-order valence-corrected chi connectivity index (χ0v) is 11.1. The van der Waals surface area contributed by atoms with E-state index in [0.29, 0.717) is 5.75 Å². The fourth-order valence-electron chi connectivity index (χ4n) is 1.46. The molecule has 0 saturated carbocycles. The van der Waals surface area contributed by atoms with Crippen LogP contribution in [0.4, 0.5) is 10.1 Å². The van der Waals surface area contributed by atoms with Gasteiger partial charge in [0.2, 0.25) is 0 Å². The van der Waals surface area contributed by atoms with Crippen molar-refractivity contribution < 1.29 is 19.0 Å². The molecule has 2 aromatic rings. The van der Waals surface area contributed by atoms with Gasteiger partial charge in [-0.3, -0.25) is 0 Å². The molecule has 0 unspecified atom stereocenters. The van der Waals surface area contributed by atoms with Crippen LogP contribution in [0.15, 0.2) is 40.9 Å². The molecule has 0 fully saturated rings. The van der Waals surface area contributed by atoms with Crippen molar-refractivity contribution in [1.82, 2.24) is 0 Å². The van der Waals surface area contributed by atoms with E-state index in [9.17, 15) is 9.18 Å². The quantitative estimate of drug-likeness (QED) is 0.844. The van der Waals surface area contributed by atoms with Crippen LogP contribution in [0.3, 0.4) is 0 Å². The molecule has 0 saturated heterocycles. The van der Waals surface area contributed by atoms with Crippen molar-refractivity contribution in [3.8, 4) is 11.5 Å². The van der Waals surface area contributed by atoms with Gasteiger partial charge in [0.05, 0.1) is 5.56 Å². The van der Waals surface area contributed by atoms with Crippen molar-refractivity contribution in [2.45, 2.75) is 0 Å². The maximum absolute atomic E-state index is 13.7. The minimum Gasteiger partial charge on any atom is -0.478 e. The van der Waals surface area contributed by atoms with Crippen molar-refractivity contribution in [2.24, 2.45) is 0 Å². The molecule has 98 valence electrons. The third-order valence-electron chi connectivity index (χ3n) is 2.38. The molecule has 0 radical (unpaired) electrons. The highest BCUT2D eigenvalue weighted by molar-refractivity contribution is 9.10. The first-order valence-electron chi connectivity index (χ1n) is 5.23. The summed E-state index contributed by atoms with van der Waals surface area (Å²) in [5, 5.41) is 8.92. The minimum absolute atomic E-state index is 0.145. The molecule has 0 aromatic heterocycles. The number of ether oxygens (including phenoxy) is 1. The Morgan fingerprint density at radius 2 is 1.89 bits per heavy atom. The smallest absolute Gasteiger partial charge is 0.337 e. The molecule has 0 heterocycles. The molecule has 0 bridgehead atoms. The van der Waals surface area contributed by atoms with Gasteiger partial charge in [0, 0.05) is 22.3 Å². The lowest BCUT2D eigenvalue weighted by molar-refractivity contribution is 0.0697. The highest BCUT2D eigenvalue weighted by atomic mass is 79.9. The zero-order valence-electron chi connectivity index (χ0n) is 9.56. The lowest BCUT2D eigenvalue weighted by Gasteiger charge is -2.09. The zero-order chi connectivity index (χ0) is 14.0. The summed E-state index contributed by atoms with van der Waals surface area (Å²) in [6.07, 6.45) is 0. The predicted octanol–water partition coefficient (Wildman–Crippen LogP) is 3.66. The summed E-state index contributed by atoms with van der Waals surface area (Å²) in [6.45, 7) is 0. The second-order valence-electron chi connectivity index (χ2n) is 3.73. The first kappa shape index (κ1) is 13.4. The maximum atomic E-state index is 13.7. The van der Waals surface area contributed by atoms with E-state index in [0.717, 1.165) is 16.6 Å². The lowest BCUT2D eigenvalue weighted by atomic mass is 10.1. The summed E-state index contributed by atoms with van der Waals surface area (Å²) < 4.78 is 19.8. The predicted molar refractivity (Wildman–Crippen MR) is 72.0 cm³/mol. The number of nitrogens with two attached hydrogens (primary N) is 1. The number of carboxylic acids is 1. The molecule has 0 aliphatic heterocycles. The molecule has 2 rings (SSSR count). The van der Waals surface area contributed by atoms with Gasteiger partial charge in [-0.15, -0.1) is 0 Å². The molecule has 19 heavy (non-hydrogen) atoms. The van der Waals surface area contributed by atoms with Crippen LogP contribution in [0.1, 0.15) is 10.4 Å². The van der Waals surface area contributed by atoms with E-state index in [1.165, 1.54) is 0 Å². The summed E-state index contributed by atoms with van der Waals surface area (Å²) in [7, 11) is 0. The van der Waals surface area contributed by atoms with Gasteiger partial charge in [-0.1, -0.05) is 15.9 Å². The van der Waals surface area contributed by atoms with Crippen LogP contribution in [0.25, 0.3) is 0 Å². The molecule has 0 atom stereocenters. The number of hydrogen-bond acceptors (Lipinski definition) is 3. The van der Waals surface area contributed by atoms with E-state index < -0.39 is 11.8 Å². The van der Waals surface area contributed by atoms with Crippen LogP contribution in [-0.2, 0) is 0 Å². The summed E-state index contributed by atoms with van der Waals surface area (Å²) >= 11 is 3.26. The van der Waals surface area contributed by atoms with Gasteiger partial charge in [-0.2, -0.15) is 0 Å². The van der Waals surface area contributed by atoms with Gasteiger partial charge < -0.3 is 15.6 Å². The molecule has 0 aliphatic rings. The van der Waals surface area contributed by atoms with Crippen LogP contribution in [-0.4, -0.2) is 11.1 Å². The number of nitrogen functional groups attached to an aromatic ring is 1. The Morgan fingerprint density at radius 3 is 2.47 bits per heavy atom. The Labute approximate surface area is 116 Å². The Morgan fingerprint density at radius 1 is 1.26 bits per heavy atom. The van der Waals surface area contributed by atoms with E-state index in [2.05, 4.69) is 15.9 Å². The Kier molecular flexibility index (Phi) is 3.71. The van der Waals surface area contributed by atoms with Crippen molar-refractivity contribution in [2.75, 3.05) is 5.73 Å². The van der Waals surface area contributed by atoms with Crippen LogP contribution in [0.2, 0.25) is 0 Å². The molecule has 3 N–H and O–H groups in total. The first-order chi connectivity index (χ1) is 8.97. The Balaban J connectivity index is 2.37. The number of aromatic carboxylic acids is 1. The number of benzene rings is 2.